The quantitative estimate of drug-likeness (QED) is 0.503. The lowest BCUT2D eigenvalue weighted by Crippen LogP contribution is -2.48. The molecular formula is C16H39N3OS. The van der Waals surface area contributed by atoms with Crippen LogP contribution in [0.2, 0.25) is 0 Å². The summed E-state index contributed by atoms with van der Waals surface area (Å²) in [6.07, 6.45) is 4.00. The molecule has 1 aliphatic heterocycles. The van der Waals surface area contributed by atoms with Crippen LogP contribution in [0.1, 0.15) is 33.6 Å². The number of hydrogen-bond donors (Lipinski definition) is 2. The van der Waals surface area contributed by atoms with Crippen LogP contribution < -0.4 is 5.32 Å². The highest BCUT2D eigenvalue weighted by Crippen LogP contribution is 2.02. The van der Waals surface area contributed by atoms with Crippen LogP contribution >= 0.6 is 12.6 Å². The first-order valence-electron chi connectivity index (χ1n) is 8.48. The van der Waals surface area contributed by atoms with E-state index in [0.29, 0.717) is 0 Å². The zero-order chi connectivity index (χ0) is 16.3. The van der Waals surface area contributed by atoms with Crippen LogP contribution in [0.5, 0.6) is 0 Å². The summed E-state index contributed by atoms with van der Waals surface area (Å²) in [5.41, 5.74) is 0. The van der Waals surface area contributed by atoms with Gasteiger partial charge in [-0.05, 0) is 26.1 Å². The van der Waals surface area contributed by atoms with Crippen molar-refractivity contribution in [1.82, 2.24) is 15.1 Å². The van der Waals surface area contributed by atoms with E-state index in [-0.39, 0.29) is 0 Å². The van der Waals surface area contributed by atoms with Gasteiger partial charge in [0.2, 0.25) is 0 Å². The van der Waals surface area contributed by atoms with E-state index in [0.717, 1.165) is 26.2 Å². The third-order valence-corrected chi connectivity index (χ3v) is 3.25. The summed E-state index contributed by atoms with van der Waals surface area (Å²) < 4.78 is 5.50. The topological polar surface area (TPSA) is 27.7 Å². The van der Waals surface area contributed by atoms with Gasteiger partial charge in [-0.1, -0.05) is 20.8 Å². The van der Waals surface area contributed by atoms with Gasteiger partial charge in [-0.3, -0.25) is 4.90 Å². The third kappa shape index (κ3) is 14.9. The van der Waals surface area contributed by atoms with Crippen LogP contribution in [0.4, 0.5) is 0 Å². The minimum absolute atomic E-state index is 0.914. The zero-order valence-corrected chi connectivity index (χ0v) is 15.9. The van der Waals surface area contributed by atoms with Crippen LogP contribution in [-0.4, -0.2) is 82.1 Å². The molecule has 0 aromatic rings. The van der Waals surface area contributed by atoms with Gasteiger partial charge in [-0.15, -0.1) is 0 Å². The maximum Gasteiger partial charge on any atom is 0.0478 e. The molecule has 1 fully saturated rings. The number of thiol groups is 1. The van der Waals surface area contributed by atoms with Crippen molar-refractivity contribution in [3.63, 3.8) is 0 Å². The zero-order valence-electron chi connectivity index (χ0n) is 15.0. The van der Waals surface area contributed by atoms with Crippen LogP contribution in [0, 0.1) is 0 Å². The lowest BCUT2D eigenvalue weighted by atomic mass is 10.3. The molecule has 0 spiro atoms. The monoisotopic (exact) mass is 321 g/mol. The molecule has 0 aromatic heterocycles. The smallest absolute Gasteiger partial charge is 0.0478 e. The Morgan fingerprint density at radius 1 is 0.952 bits per heavy atom. The molecular weight excluding hydrogens is 282 g/mol. The van der Waals surface area contributed by atoms with E-state index < -0.39 is 0 Å². The predicted octanol–water partition coefficient (Wildman–Crippen LogP) is 2.21. The van der Waals surface area contributed by atoms with Gasteiger partial charge in [0.25, 0.3) is 0 Å². The Morgan fingerprint density at radius 3 is 1.95 bits per heavy atom. The molecule has 21 heavy (non-hydrogen) atoms. The number of nitrogens with one attached hydrogen (secondary N) is 1. The molecule has 0 saturated carbocycles. The number of likely N-dealkylation sites (N-methyl/N-ethyl adjacent to an activating group) is 1. The molecule has 130 valence electrons. The van der Waals surface area contributed by atoms with Crippen molar-refractivity contribution < 1.29 is 4.74 Å². The molecule has 1 aliphatic rings. The fourth-order valence-electron chi connectivity index (χ4n) is 2.14. The van der Waals surface area contributed by atoms with Crippen molar-refractivity contribution in [1.29, 1.82) is 0 Å². The highest BCUT2D eigenvalue weighted by molar-refractivity contribution is 7.79. The fraction of sp³-hybridized carbons (Fsp3) is 1.00. The SMILES string of the molecule is CC.CCCOCCCN1CCN(CCNC)CC1.CS. The van der Waals surface area contributed by atoms with Crippen molar-refractivity contribution >= 4 is 12.6 Å². The lowest BCUT2D eigenvalue weighted by molar-refractivity contribution is 0.0998. The minimum Gasteiger partial charge on any atom is -0.381 e. The predicted molar refractivity (Wildman–Crippen MR) is 98.8 cm³/mol. The molecule has 0 radical (unpaired) electrons. The summed E-state index contributed by atoms with van der Waals surface area (Å²) in [6.45, 7) is 16.4. The normalized spacial score (nSPS) is 15.7. The second-order valence-electron chi connectivity index (χ2n) is 4.75. The van der Waals surface area contributed by atoms with Gasteiger partial charge < -0.3 is 15.0 Å². The van der Waals surface area contributed by atoms with E-state index >= 15 is 0 Å². The van der Waals surface area contributed by atoms with E-state index in [1.807, 2.05) is 20.9 Å². The first kappa shape index (κ1) is 23.5. The summed E-state index contributed by atoms with van der Waals surface area (Å²) in [5, 5.41) is 3.21. The Labute approximate surface area is 139 Å². The van der Waals surface area contributed by atoms with Gasteiger partial charge in [-0.25, -0.2) is 0 Å². The molecule has 1 N–H and O–H groups in total. The van der Waals surface area contributed by atoms with Crippen molar-refractivity contribution in [3.8, 4) is 0 Å². The fourth-order valence-corrected chi connectivity index (χ4v) is 2.14. The summed E-state index contributed by atoms with van der Waals surface area (Å²) in [5.74, 6) is 0. The molecule has 1 heterocycles. The average molecular weight is 322 g/mol. The molecule has 5 heteroatoms. The second-order valence-corrected chi connectivity index (χ2v) is 4.75. The molecule has 0 bridgehead atoms. The molecule has 0 atom stereocenters. The lowest BCUT2D eigenvalue weighted by Gasteiger charge is -2.34. The largest absolute Gasteiger partial charge is 0.381 e. The molecule has 0 aromatic carbocycles. The Morgan fingerprint density at radius 2 is 1.48 bits per heavy atom. The Balaban J connectivity index is 0. The number of nitrogens with zero attached hydrogens (tertiary/aromatic N) is 2. The minimum atomic E-state index is 0.914. The summed E-state index contributed by atoms with van der Waals surface area (Å²) in [4.78, 5) is 5.10. The molecule has 0 unspecified atom stereocenters. The number of rotatable bonds is 9. The van der Waals surface area contributed by atoms with Crippen molar-refractivity contribution in [2.75, 3.05) is 72.3 Å². The number of piperazine rings is 1. The Kier molecular flexibility index (Phi) is 22.6. The second kappa shape index (κ2) is 20.2. The van der Waals surface area contributed by atoms with Crippen LogP contribution in [-0.2, 0) is 4.74 Å². The van der Waals surface area contributed by atoms with Crippen molar-refractivity contribution in [2.24, 2.45) is 0 Å². The van der Waals surface area contributed by atoms with E-state index in [1.165, 1.54) is 45.7 Å². The summed E-state index contributed by atoms with van der Waals surface area (Å²) >= 11 is 3.53. The number of ether oxygens (including phenoxy) is 1. The summed E-state index contributed by atoms with van der Waals surface area (Å²) in [6, 6.07) is 0. The van der Waals surface area contributed by atoms with Gasteiger partial charge in [-0.2, -0.15) is 12.6 Å². The van der Waals surface area contributed by atoms with Crippen LogP contribution in [0.25, 0.3) is 0 Å². The van der Waals surface area contributed by atoms with Crippen molar-refractivity contribution in [3.05, 3.63) is 0 Å². The summed E-state index contributed by atoms with van der Waals surface area (Å²) in [7, 11) is 2.02. The van der Waals surface area contributed by atoms with Gasteiger partial charge in [0.1, 0.15) is 0 Å². The maximum absolute atomic E-state index is 5.50. The maximum atomic E-state index is 5.50. The van der Waals surface area contributed by atoms with E-state index in [2.05, 4.69) is 34.7 Å². The standard InChI is InChI=1S/C13H29N3O.C2H6.CH4S/c1-3-12-17-13-4-6-15-8-10-16(11-9-15)7-5-14-2;2*1-2/h14H,3-13H2,1-2H3;1-2H3;2H,1H3. The van der Waals surface area contributed by atoms with Gasteiger partial charge in [0.15, 0.2) is 0 Å². The molecule has 0 aliphatic carbocycles. The third-order valence-electron chi connectivity index (χ3n) is 3.25. The molecule has 1 saturated heterocycles. The van der Waals surface area contributed by atoms with E-state index in [1.54, 1.807) is 6.26 Å². The van der Waals surface area contributed by atoms with Crippen molar-refractivity contribution in [2.45, 2.75) is 33.6 Å². The van der Waals surface area contributed by atoms with Crippen LogP contribution in [0.3, 0.4) is 0 Å². The molecule has 0 amide bonds. The van der Waals surface area contributed by atoms with E-state index in [9.17, 15) is 0 Å². The van der Waals surface area contributed by atoms with Gasteiger partial charge in [0.05, 0.1) is 0 Å². The average Bonchev–Trinajstić information content (AvgIpc) is 2.57. The Bertz CT molecular complexity index is 174. The highest BCUT2D eigenvalue weighted by atomic mass is 32.1. The number of hydrogen-bond acceptors (Lipinski definition) is 5. The first-order chi connectivity index (χ1) is 10.4. The first-order valence-corrected chi connectivity index (χ1v) is 9.38. The van der Waals surface area contributed by atoms with Crippen LogP contribution in [0.15, 0.2) is 0 Å². The van der Waals surface area contributed by atoms with Gasteiger partial charge in [0, 0.05) is 59.0 Å². The highest BCUT2D eigenvalue weighted by Gasteiger charge is 2.15. The molecule has 4 nitrogen and oxygen atoms in total. The van der Waals surface area contributed by atoms with E-state index in [4.69, 9.17) is 4.74 Å². The Hall–Kier alpha value is 0.190. The molecule has 1 rings (SSSR count). The van der Waals surface area contributed by atoms with Gasteiger partial charge >= 0.3 is 0 Å².